The molecule has 134 valence electrons. The van der Waals surface area contributed by atoms with E-state index in [9.17, 15) is 9.59 Å². The molecule has 1 heterocycles. The van der Waals surface area contributed by atoms with Crippen LogP contribution in [0.1, 0.15) is 12.5 Å². The van der Waals surface area contributed by atoms with E-state index in [4.69, 9.17) is 0 Å². The van der Waals surface area contributed by atoms with Crippen LogP contribution in [0.25, 0.3) is 0 Å². The highest BCUT2D eigenvalue weighted by molar-refractivity contribution is 8.01. The Kier molecular flexibility index (Phi) is 8.20. The molecule has 0 fully saturated rings. The van der Waals surface area contributed by atoms with E-state index < -0.39 is 0 Å². The average Bonchev–Trinajstić information content (AvgIpc) is 3.07. The van der Waals surface area contributed by atoms with E-state index in [1.807, 2.05) is 25.1 Å². The van der Waals surface area contributed by atoms with Gasteiger partial charge in [0.1, 0.15) is 0 Å². The first kappa shape index (κ1) is 19.2. The van der Waals surface area contributed by atoms with Crippen molar-refractivity contribution in [3.8, 4) is 0 Å². The van der Waals surface area contributed by atoms with E-state index in [0.29, 0.717) is 6.54 Å². The number of nitrogens with one attached hydrogen (secondary N) is 3. The number of benzene rings is 1. The van der Waals surface area contributed by atoms with E-state index in [2.05, 4.69) is 38.3 Å². The molecule has 0 bridgehead atoms. The summed E-state index contributed by atoms with van der Waals surface area (Å²) in [5, 5.41) is 17.3. The molecule has 1 aromatic carbocycles. The topological polar surface area (TPSA) is 96.0 Å². The molecule has 7 nitrogen and oxygen atoms in total. The summed E-state index contributed by atoms with van der Waals surface area (Å²) >= 11 is 2.72. The SMILES string of the molecule is CCNC(=O)CNC(=O)CSc1nnc(NCCc2ccccc2)s1. The van der Waals surface area contributed by atoms with Gasteiger partial charge < -0.3 is 16.0 Å². The summed E-state index contributed by atoms with van der Waals surface area (Å²) in [6.07, 6.45) is 0.908. The van der Waals surface area contributed by atoms with Crippen LogP contribution in [0.15, 0.2) is 34.7 Å². The van der Waals surface area contributed by atoms with E-state index in [-0.39, 0.29) is 24.1 Å². The molecule has 9 heteroatoms. The molecule has 0 saturated carbocycles. The number of aromatic nitrogens is 2. The lowest BCUT2D eigenvalue weighted by atomic mass is 10.2. The number of carbonyl (C=O) groups excluding carboxylic acids is 2. The minimum Gasteiger partial charge on any atom is -0.360 e. The smallest absolute Gasteiger partial charge is 0.239 e. The molecule has 3 N–H and O–H groups in total. The minimum atomic E-state index is -0.204. The molecule has 25 heavy (non-hydrogen) atoms. The predicted molar refractivity (Wildman–Crippen MR) is 101 cm³/mol. The molecule has 2 amide bonds. The summed E-state index contributed by atoms with van der Waals surface area (Å²) in [7, 11) is 0. The third-order valence-electron chi connectivity index (χ3n) is 3.09. The molecule has 2 aromatic rings. The largest absolute Gasteiger partial charge is 0.360 e. The number of hydrogen-bond donors (Lipinski definition) is 3. The molecule has 0 aliphatic rings. The molecule has 0 aliphatic heterocycles. The van der Waals surface area contributed by atoms with E-state index >= 15 is 0 Å². The predicted octanol–water partition coefficient (Wildman–Crippen LogP) is 1.54. The number of hydrogen-bond acceptors (Lipinski definition) is 7. The number of amides is 2. The van der Waals surface area contributed by atoms with Gasteiger partial charge in [0.15, 0.2) is 4.34 Å². The van der Waals surface area contributed by atoms with Crippen molar-refractivity contribution in [2.75, 3.05) is 30.7 Å². The molecular weight excluding hydrogens is 358 g/mol. The second kappa shape index (κ2) is 10.7. The molecule has 0 saturated heterocycles. The maximum Gasteiger partial charge on any atom is 0.239 e. The Balaban J connectivity index is 1.65. The van der Waals surface area contributed by atoms with E-state index in [0.717, 1.165) is 22.4 Å². The Morgan fingerprint density at radius 1 is 1.12 bits per heavy atom. The zero-order chi connectivity index (χ0) is 17.9. The fourth-order valence-electron chi connectivity index (χ4n) is 1.91. The van der Waals surface area contributed by atoms with Crippen molar-refractivity contribution in [3.05, 3.63) is 35.9 Å². The van der Waals surface area contributed by atoms with Gasteiger partial charge in [-0.25, -0.2) is 0 Å². The third-order valence-corrected chi connectivity index (χ3v) is 5.10. The van der Waals surface area contributed by atoms with Gasteiger partial charge in [-0.1, -0.05) is 53.4 Å². The standard InChI is InChI=1S/C16H21N5O2S2/c1-2-17-13(22)10-19-14(23)11-24-16-21-20-15(25-16)18-9-8-12-6-4-3-5-7-12/h3-7H,2,8-11H2,1H3,(H,17,22)(H,18,20)(H,19,23). The van der Waals surface area contributed by atoms with Crippen molar-refractivity contribution in [1.29, 1.82) is 0 Å². The molecule has 0 radical (unpaired) electrons. The van der Waals surface area contributed by atoms with Gasteiger partial charge in [-0.2, -0.15) is 0 Å². The van der Waals surface area contributed by atoms with Gasteiger partial charge in [-0.3, -0.25) is 9.59 Å². The molecule has 0 aliphatic carbocycles. The lowest BCUT2D eigenvalue weighted by molar-refractivity contribution is -0.124. The van der Waals surface area contributed by atoms with Gasteiger partial charge in [0, 0.05) is 13.1 Å². The Hall–Kier alpha value is -2.13. The average molecular weight is 380 g/mol. The number of anilines is 1. The number of thioether (sulfide) groups is 1. The van der Waals surface area contributed by atoms with Crippen LogP contribution in [0.3, 0.4) is 0 Å². The van der Waals surface area contributed by atoms with Gasteiger partial charge in [-0.05, 0) is 18.9 Å². The summed E-state index contributed by atoms with van der Waals surface area (Å²) in [5.74, 6) is -0.190. The van der Waals surface area contributed by atoms with Gasteiger partial charge >= 0.3 is 0 Å². The van der Waals surface area contributed by atoms with E-state index in [1.54, 1.807) is 0 Å². The number of likely N-dealkylation sites (N-methyl/N-ethyl adjacent to an activating group) is 1. The second-order valence-electron chi connectivity index (χ2n) is 5.05. The molecular formula is C16H21N5O2S2. The van der Waals surface area contributed by atoms with Crippen LogP contribution >= 0.6 is 23.1 Å². The lowest BCUT2D eigenvalue weighted by Gasteiger charge is -2.04. The maximum absolute atomic E-state index is 11.7. The van der Waals surface area contributed by atoms with E-state index in [1.165, 1.54) is 28.7 Å². The van der Waals surface area contributed by atoms with Gasteiger partial charge in [0.25, 0.3) is 0 Å². The first-order chi connectivity index (χ1) is 12.2. The Morgan fingerprint density at radius 2 is 1.92 bits per heavy atom. The molecule has 0 unspecified atom stereocenters. The van der Waals surface area contributed by atoms with Gasteiger partial charge in [-0.15, -0.1) is 10.2 Å². The fourth-order valence-corrected chi connectivity index (χ4v) is 3.52. The zero-order valence-electron chi connectivity index (χ0n) is 13.9. The molecule has 0 spiro atoms. The fraction of sp³-hybridized carbons (Fsp3) is 0.375. The van der Waals surface area contributed by atoms with Crippen molar-refractivity contribution in [2.24, 2.45) is 0 Å². The molecule has 2 rings (SSSR count). The summed E-state index contributed by atoms with van der Waals surface area (Å²) in [5.41, 5.74) is 1.26. The third kappa shape index (κ3) is 7.53. The van der Waals surface area contributed by atoms with Crippen molar-refractivity contribution < 1.29 is 9.59 Å². The van der Waals surface area contributed by atoms with Crippen LogP contribution < -0.4 is 16.0 Å². The number of rotatable bonds is 10. The van der Waals surface area contributed by atoms with Crippen LogP contribution in [0.5, 0.6) is 0 Å². The Bertz CT molecular complexity index is 678. The van der Waals surface area contributed by atoms with Crippen molar-refractivity contribution >= 4 is 40.0 Å². The minimum absolute atomic E-state index is 0.00432. The quantitative estimate of drug-likeness (QED) is 0.542. The maximum atomic E-state index is 11.7. The Labute approximate surface area is 155 Å². The highest BCUT2D eigenvalue weighted by Gasteiger charge is 2.09. The summed E-state index contributed by atoms with van der Waals surface area (Å²) in [6.45, 7) is 3.15. The summed E-state index contributed by atoms with van der Waals surface area (Å²) in [6, 6.07) is 10.2. The zero-order valence-corrected chi connectivity index (χ0v) is 15.6. The highest BCUT2D eigenvalue weighted by Crippen LogP contribution is 2.25. The lowest BCUT2D eigenvalue weighted by Crippen LogP contribution is -2.37. The second-order valence-corrected chi connectivity index (χ2v) is 7.25. The Morgan fingerprint density at radius 3 is 2.68 bits per heavy atom. The first-order valence-electron chi connectivity index (χ1n) is 7.95. The van der Waals surface area contributed by atoms with Crippen LogP contribution in [-0.4, -0.2) is 47.4 Å². The first-order valence-corrected chi connectivity index (χ1v) is 9.75. The molecule has 0 atom stereocenters. The van der Waals surface area contributed by atoms with Crippen LogP contribution in [-0.2, 0) is 16.0 Å². The monoisotopic (exact) mass is 379 g/mol. The van der Waals surface area contributed by atoms with Gasteiger partial charge in [0.2, 0.25) is 16.9 Å². The van der Waals surface area contributed by atoms with Crippen LogP contribution in [0, 0.1) is 0 Å². The summed E-state index contributed by atoms with van der Waals surface area (Å²) < 4.78 is 0.718. The van der Waals surface area contributed by atoms with Crippen LogP contribution in [0.2, 0.25) is 0 Å². The van der Waals surface area contributed by atoms with Crippen LogP contribution in [0.4, 0.5) is 5.13 Å². The highest BCUT2D eigenvalue weighted by atomic mass is 32.2. The van der Waals surface area contributed by atoms with Crippen molar-refractivity contribution in [3.63, 3.8) is 0 Å². The van der Waals surface area contributed by atoms with Gasteiger partial charge in [0.05, 0.1) is 12.3 Å². The number of nitrogens with zero attached hydrogens (tertiary/aromatic N) is 2. The van der Waals surface area contributed by atoms with Crippen molar-refractivity contribution in [2.45, 2.75) is 17.7 Å². The van der Waals surface area contributed by atoms with Crippen molar-refractivity contribution in [1.82, 2.24) is 20.8 Å². The summed E-state index contributed by atoms with van der Waals surface area (Å²) in [4.78, 5) is 23.0. The number of carbonyl (C=O) groups is 2. The molecule has 1 aromatic heterocycles. The normalized spacial score (nSPS) is 10.3.